The van der Waals surface area contributed by atoms with Gasteiger partial charge in [-0.1, -0.05) is 73.0 Å². The topological polar surface area (TPSA) is 108 Å². The molecule has 0 radical (unpaired) electrons. The molecule has 1 aliphatic carbocycles. The standard InChI is InChI=1S/C27H26N6O3/c34-22(29-19-11-5-2-6-12-19)15-33-21-14-8-7-13-20(21)24-25(33)27(35)32(17-28-24)16-23-30-26(31-36-23)18-9-3-1-4-10-18/h1,3-4,7-10,13-14,17,19H,2,5-6,11-12,15-16H2,(H,29,34). The number of hydrogen-bond donors (Lipinski definition) is 1. The van der Waals surface area contributed by atoms with Crippen LogP contribution in [0.3, 0.4) is 0 Å². The van der Waals surface area contributed by atoms with E-state index in [1.54, 1.807) is 4.57 Å². The zero-order chi connectivity index (χ0) is 24.5. The Morgan fingerprint density at radius 3 is 2.64 bits per heavy atom. The summed E-state index contributed by atoms with van der Waals surface area (Å²) in [6, 6.07) is 17.4. The summed E-state index contributed by atoms with van der Waals surface area (Å²) >= 11 is 0. The Morgan fingerprint density at radius 2 is 1.81 bits per heavy atom. The first-order valence-corrected chi connectivity index (χ1v) is 12.3. The Bertz CT molecular complexity index is 1590. The summed E-state index contributed by atoms with van der Waals surface area (Å²) in [6.45, 7) is 0.136. The summed E-state index contributed by atoms with van der Waals surface area (Å²) in [5, 5.41) is 8.04. The summed E-state index contributed by atoms with van der Waals surface area (Å²) in [4.78, 5) is 35.7. The molecular weight excluding hydrogens is 456 g/mol. The molecule has 0 saturated heterocycles. The van der Waals surface area contributed by atoms with Crippen LogP contribution in [0.4, 0.5) is 0 Å². The van der Waals surface area contributed by atoms with Crippen LogP contribution in [0.2, 0.25) is 0 Å². The van der Waals surface area contributed by atoms with Gasteiger partial charge in [0.2, 0.25) is 17.6 Å². The quantitative estimate of drug-likeness (QED) is 0.393. The molecule has 3 heterocycles. The highest BCUT2D eigenvalue weighted by Gasteiger charge is 2.21. The fourth-order valence-corrected chi connectivity index (χ4v) is 5.06. The molecule has 3 aromatic heterocycles. The van der Waals surface area contributed by atoms with E-state index < -0.39 is 0 Å². The third-order valence-corrected chi connectivity index (χ3v) is 6.81. The van der Waals surface area contributed by atoms with Gasteiger partial charge in [0.1, 0.15) is 24.1 Å². The predicted octanol–water partition coefficient (Wildman–Crippen LogP) is 3.90. The second-order valence-corrected chi connectivity index (χ2v) is 9.26. The minimum atomic E-state index is -0.263. The van der Waals surface area contributed by atoms with Crippen molar-refractivity contribution in [2.45, 2.75) is 51.2 Å². The van der Waals surface area contributed by atoms with Crippen molar-refractivity contribution in [2.75, 3.05) is 0 Å². The number of benzene rings is 2. The number of hydrogen-bond acceptors (Lipinski definition) is 6. The van der Waals surface area contributed by atoms with E-state index in [1.165, 1.54) is 17.3 Å². The summed E-state index contributed by atoms with van der Waals surface area (Å²) < 4.78 is 8.63. The molecule has 5 aromatic rings. The molecular formula is C27H26N6O3. The molecule has 0 aliphatic heterocycles. The third-order valence-electron chi connectivity index (χ3n) is 6.81. The minimum absolute atomic E-state index is 0.0557. The minimum Gasteiger partial charge on any atom is -0.352 e. The molecule has 9 heteroatoms. The van der Waals surface area contributed by atoms with Crippen LogP contribution in [0.25, 0.3) is 33.3 Å². The molecule has 0 bridgehead atoms. The number of nitrogens with zero attached hydrogens (tertiary/aromatic N) is 5. The van der Waals surface area contributed by atoms with E-state index in [9.17, 15) is 9.59 Å². The third kappa shape index (κ3) is 4.17. The zero-order valence-electron chi connectivity index (χ0n) is 19.8. The number of rotatable bonds is 6. The van der Waals surface area contributed by atoms with E-state index in [4.69, 9.17) is 4.52 Å². The molecule has 1 amide bonds. The molecule has 6 rings (SSSR count). The molecule has 9 nitrogen and oxygen atoms in total. The summed E-state index contributed by atoms with van der Waals surface area (Å²) in [5.74, 6) is 0.666. The lowest BCUT2D eigenvalue weighted by Crippen LogP contribution is -2.38. The molecule has 1 N–H and O–H groups in total. The van der Waals surface area contributed by atoms with E-state index >= 15 is 0 Å². The molecule has 1 fully saturated rings. The Morgan fingerprint density at radius 1 is 1.03 bits per heavy atom. The van der Waals surface area contributed by atoms with Crippen LogP contribution >= 0.6 is 0 Å². The van der Waals surface area contributed by atoms with Crippen molar-refractivity contribution in [3.8, 4) is 11.4 Å². The van der Waals surface area contributed by atoms with Gasteiger partial charge in [0, 0.05) is 17.0 Å². The van der Waals surface area contributed by atoms with E-state index in [2.05, 4.69) is 20.4 Å². The smallest absolute Gasteiger partial charge is 0.278 e. The van der Waals surface area contributed by atoms with Gasteiger partial charge in [0.05, 0.1) is 11.8 Å². The highest BCUT2D eigenvalue weighted by molar-refractivity contribution is 6.06. The molecule has 0 atom stereocenters. The predicted molar refractivity (Wildman–Crippen MR) is 135 cm³/mol. The normalized spacial score (nSPS) is 14.4. The highest BCUT2D eigenvalue weighted by atomic mass is 16.5. The average molecular weight is 483 g/mol. The van der Waals surface area contributed by atoms with Crippen LogP contribution < -0.4 is 10.9 Å². The van der Waals surface area contributed by atoms with E-state index in [0.717, 1.165) is 42.1 Å². The SMILES string of the molecule is O=C(Cn1c2ccccc2c2ncn(Cc3nc(-c4ccccc4)no3)c(=O)c21)NC1CCCCC1. The lowest BCUT2D eigenvalue weighted by atomic mass is 9.95. The zero-order valence-corrected chi connectivity index (χ0v) is 19.8. The van der Waals surface area contributed by atoms with Crippen molar-refractivity contribution < 1.29 is 9.32 Å². The molecule has 182 valence electrons. The average Bonchev–Trinajstić information content (AvgIpc) is 3.50. The lowest BCUT2D eigenvalue weighted by Gasteiger charge is -2.23. The monoisotopic (exact) mass is 482 g/mol. The van der Waals surface area contributed by atoms with Gasteiger partial charge in [-0.15, -0.1) is 0 Å². The Balaban J connectivity index is 1.35. The summed E-state index contributed by atoms with van der Waals surface area (Å²) in [6.07, 6.45) is 6.99. The van der Waals surface area contributed by atoms with Gasteiger partial charge in [-0.05, 0) is 18.9 Å². The number of carbonyl (C=O) groups excluding carboxylic acids is 1. The van der Waals surface area contributed by atoms with Crippen molar-refractivity contribution in [1.29, 1.82) is 0 Å². The number of carbonyl (C=O) groups is 1. The molecule has 1 saturated carbocycles. The van der Waals surface area contributed by atoms with Crippen molar-refractivity contribution in [3.05, 3.63) is 77.2 Å². The lowest BCUT2D eigenvalue weighted by molar-refractivity contribution is -0.122. The van der Waals surface area contributed by atoms with Crippen molar-refractivity contribution in [3.63, 3.8) is 0 Å². The van der Waals surface area contributed by atoms with Gasteiger partial charge >= 0.3 is 0 Å². The molecule has 0 spiro atoms. The summed E-state index contributed by atoms with van der Waals surface area (Å²) in [5.41, 5.74) is 2.34. The van der Waals surface area contributed by atoms with Crippen LogP contribution in [0.5, 0.6) is 0 Å². The number of para-hydroxylation sites is 1. The van der Waals surface area contributed by atoms with E-state index in [-0.39, 0.29) is 30.6 Å². The number of amides is 1. The van der Waals surface area contributed by atoms with Crippen LogP contribution in [-0.4, -0.2) is 36.2 Å². The largest absolute Gasteiger partial charge is 0.352 e. The van der Waals surface area contributed by atoms with Crippen molar-refractivity contribution in [1.82, 2.24) is 29.6 Å². The van der Waals surface area contributed by atoms with Crippen LogP contribution in [-0.2, 0) is 17.9 Å². The highest BCUT2D eigenvalue weighted by Crippen LogP contribution is 2.25. The molecule has 1 aliphatic rings. The van der Waals surface area contributed by atoms with Gasteiger partial charge in [-0.25, -0.2) is 4.98 Å². The molecule has 36 heavy (non-hydrogen) atoms. The Kier molecular flexibility index (Phi) is 5.80. The van der Waals surface area contributed by atoms with Gasteiger partial charge in [0.15, 0.2) is 0 Å². The maximum absolute atomic E-state index is 13.7. The van der Waals surface area contributed by atoms with Crippen LogP contribution in [0.1, 0.15) is 38.0 Å². The fourth-order valence-electron chi connectivity index (χ4n) is 5.06. The molecule has 0 unspecified atom stereocenters. The Hall–Kier alpha value is -4.27. The second kappa shape index (κ2) is 9.41. The van der Waals surface area contributed by atoms with Gasteiger partial charge in [-0.3, -0.25) is 14.2 Å². The first-order chi connectivity index (χ1) is 17.7. The van der Waals surface area contributed by atoms with E-state index in [1.807, 2.05) is 54.6 Å². The van der Waals surface area contributed by atoms with Gasteiger partial charge in [0.25, 0.3) is 5.56 Å². The second-order valence-electron chi connectivity index (χ2n) is 9.26. The first kappa shape index (κ1) is 22.2. The maximum atomic E-state index is 13.7. The molecule has 2 aromatic carbocycles. The van der Waals surface area contributed by atoms with Crippen LogP contribution in [0, 0.1) is 0 Å². The number of aromatic nitrogens is 5. The van der Waals surface area contributed by atoms with E-state index in [0.29, 0.717) is 22.7 Å². The van der Waals surface area contributed by atoms with Crippen molar-refractivity contribution >= 4 is 27.8 Å². The first-order valence-electron chi connectivity index (χ1n) is 12.3. The maximum Gasteiger partial charge on any atom is 0.278 e. The summed E-state index contributed by atoms with van der Waals surface area (Å²) in [7, 11) is 0. The van der Waals surface area contributed by atoms with Gasteiger partial charge in [-0.2, -0.15) is 4.98 Å². The Labute approximate surface area is 206 Å². The number of fused-ring (bicyclic) bond motifs is 3. The fraction of sp³-hybridized carbons (Fsp3) is 0.296. The number of nitrogens with one attached hydrogen (secondary N) is 1. The van der Waals surface area contributed by atoms with Crippen molar-refractivity contribution in [2.24, 2.45) is 0 Å². The van der Waals surface area contributed by atoms with Crippen LogP contribution in [0.15, 0.2) is 70.2 Å². The van der Waals surface area contributed by atoms with Gasteiger partial charge < -0.3 is 14.4 Å².